The minimum absolute atomic E-state index is 0.140. The average molecular weight is 232 g/mol. The monoisotopic (exact) mass is 231 g/mol. The molecule has 1 N–H and O–H groups in total. The van der Waals surface area contributed by atoms with E-state index in [1.165, 1.54) is 0 Å². The lowest BCUT2D eigenvalue weighted by molar-refractivity contribution is 0.0951. The van der Waals surface area contributed by atoms with Crippen molar-refractivity contribution < 1.29 is 4.79 Å². The Hall–Kier alpha value is -0.840. The van der Waals surface area contributed by atoms with Crippen LogP contribution in [0.4, 0.5) is 0 Å². The molecular formula is C7H10BrN3O. The first-order chi connectivity index (χ1) is 5.65. The van der Waals surface area contributed by atoms with E-state index in [4.69, 9.17) is 0 Å². The van der Waals surface area contributed by atoms with Gasteiger partial charge in [-0.05, 0) is 22.9 Å². The summed E-state index contributed by atoms with van der Waals surface area (Å²) in [6.07, 6.45) is 1.68. The number of hydrogen-bond donors (Lipinski definition) is 1. The maximum Gasteiger partial charge on any atom is 0.271 e. The van der Waals surface area contributed by atoms with Gasteiger partial charge in [0.15, 0.2) is 4.73 Å². The highest BCUT2D eigenvalue weighted by Gasteiger charge is 2.09. The zero-order valence-electron chi connectivity index (χ0n) is 6.97. The zero-order valence-corrected chi connectivity index (χ0v) is 8.55. The van der Waals surface area contributed by atoms with Crippen molar-refractivity contribution in [3.63, 3.8) is 0 Å². The minimum Gasteiger partial charge on any atom is -0.351 e. The third kappa shape index (κ3) is 1.85. The van der Waals surface area contributed by atoms with Crippen LogP contribution in [-0.4, -0.2) is 22.0 Å². The number of carbonyl (C=O) groups is 1. The Morgan fingerprint density at radius 1 is 1.83 bits per heavy atom. The van der Waals surface area contributed by atoms with E-state index in [2.05, 4.69) is 26.2 Å². The minimum atomic E-state index is -0.140. The summed E-state index contributed by atoms with van der Waals surface area (Å²) in [7, 11) is 1.82. The largest absolute Gasteiger partial charge is 0.351 e. The van der Waals surface area contributed by atoms with Gasteiger partial charge in [0.25, 0.3) is 5.91 Å². The van der Waals surface area contributed by atoms with E-state index < -0.39 is 0 Å². The van der Waals surface area contributed by atoms with Crippen molar-refractivity contribution in [1.29, 1.82) is 0 Å². The van der Waals surface area contributed by atoms with Gasteiger partial charge in [-0.2, -0.15) is 0 Å². The molecule has 0 aromatic carbocycles. The SMILES string of the molecule is CCNC(=O)c1cn(C)c(Br)n1. The van der Waals surface area contributed by atoms with E-state index >= 15 is 0 Å². The van der Waals surface area contributed by atoms with Crippen LogP contribution in [0.5, 0.6) is 0 Å². The molecule has 1 heterocycles. The molecule has 0 fully saturated rings. The smallest absolute Gasteiger partial charge is 0.271 e. The van der Waals surface area contributed by atoms with Crippen LogP contribution in [-0.2, 0) is 7.05 Å². The van der Waals surface area contributed by atoms with Gasteiger partial charge in [-0.15, -0.1) is 0 Å². The Kier molecular flexibility index (Phi) is 2.86. The number of nitrogens with zero attached hydrogens (tertiary/aromatic N) is 2. The van der Waals surface area contributed by atoms with E-state index in [0.717, 1.165) is 0 Å². The lowest BCUT2D eigenvalue weighted by atomic mass is 10.4. The molecule has 0 radical (unpaired) electrons. The molecule has 0 spiro atoms. The molecule has 66 valence electrons. The first kappa shape index (κ1) is 9.25. The fourth-order valence-corrected chi connectivity index (χ4v) is 1.10. The lowest BCUT2D eigenvalue weighted by Crippen LogP contribution is -2.22. The van der Waals surface area contributed by atoms with Crippen molar-refractivity contribution in [1.82, 2.24) is 14.9 Å². The van der Waals surface area contributed by atoms with Crippen LogP contribution in [0.15, 0.2) is 10.9 Å². The molecule has 0 aliphatic heterocycles. The van der Waals surface area contributed by atoms with Gasteiger partial charge >= 0.3 is 0 Å². The van der Waals surface area contributed by atoms with Crippen molar-refractivity contribution in [2.45, 2.75) is 6.92 Å². The summed E-state index contributed by atoms with van der Waals surface area (Å²) in [4.78, 5) is 15.2. The fourth-order valence-electron chi connectivity index (χ4n) is 0.804. The molecule has 0 aliphatic carbocycles. The Balaban J connectivity index is 2.82. The average Bonchev–Trinajstić information content (AvgIpc) is 2.33. The quantitative estimate of drug-likeness (QED) is 0.824. The second kappa shape index (κ2) is 3.71. The third-order valence-electron chi connectivity index (χ3n) is 1.39. The van der Waals surface area contributed by atoms with Crippen LogP contribution >= 0.6 is 15.9 Å². The van der Waals surface area contributed by atoms with Gasteiger partial charge in [0.05, 0.1) is 0 Å². The molecule has 0 atom stereocenters. The van der Waals surface area contributed by atoms with Crippen LogP contribution in [0.25, 0.3) is 0 Å². The molecule has 0 saturated heterocycles. The molecular weight excluding hydrogens is 222 g/mol. The number of amides is 1. The highest BCUT2D eigenvalue weighted by molar-refractivity contribution is 9.10. The predicted molar refractivity (Wildman–Crippen MR) is 48.9 cm³/mol. The molecule has 0 aliphatic rings. The van der Waals surface area contributed by atoms with Crippen LogP contribution in [0, 0.1) is 0 Å². The van der Waals surface area contributed by atoms with Crippen LogP contribution in [0.2, 0.25) is 0 Å². The number of aryl methyl sites for hydroxylation is 1. The maximum absolute atomic E-state index is 11.2. The topological polar surface area (TPSA) is 46.9 Å². The lowest BCUT2D eigenvalue weighted by Gasteiger charge is -1.95. The van der Waals surface area contributed by atoms with E-state index in [9.17, 15) is 4.79 Å². The number of nitrogens with one attached hydrogen (secondary N) is 1. The first-order valence-corrected chi connectivity index (χ1v) is 4.41. The molecule has 5 heteroatoms. The summed E-state index contributed by atoms with van der Waals surface area (Å²) in [6.45, 7) is 2.49. The van der Waals surface area contributed by atoms with Crippen LogP contribution in [0.1, 0.15) is 17.4 Å². The fraction of sp³-hybridized carbons (Fsp3) is 0.429. The number of imidazole rings is 1. The number of carbonyl (C=O) groups excluding carboxylic acids is 1. The van der Waals surface area contributed by atoms with Gasteiger partial charge in [-0.3, -0.25) is 4.79 Å². The van der Waals surface area contributed by atoms with Crippen molar-refractivity contribution in [3.8, 4) is 0 Å². The van der Waals surface area contributed by atoms with Crippen molar-refractivity contribution in [3.05, 3.63) is 16.6 Å². The van der Waals surface area contributed by atoms with Crippen LogP contribution in [0.3, 0.4) is 0 Å². The standard InChI is InChI=1S/C7H10BrN3O/c1-3-9-6(12)5-4-11(2)7(8)10-5/h4H,3H2,1-2H3,(H,9,12). The van der Waals surface area contributed by atoms with Gasteiger partial charge in [0, 0.05) is 19.8 Å². The van der Waals surface area contributed by atoms with E-state index in [-0.39, 0.29) is 5.91 Å². The summed E-state index contributed by atoms with van der Waals surface area (Å²) in [5.74, 6) is -0.140. The van der Waals surface area contributed by atoms with Crippen LogP contribution < -0.4 is 5.32 Å². The molecule has 1 aromatic heterocycles. The molecule has 0 unspecified atom stereocenters. The van der Waals surface area contributed by atoms with E-state index in [1.54, 1.807) is 10.8 Å². The normalized spacial score (nSPS) is 9.92. The van der Waals surface area contributed by atoms with Gasteiger partial charge in [-0.25, -0.2) is 4.98 Å². The molecule has 12 heavy (non-hydrogen) atoms. The summed E-state index contributed by atoms with van der Waals surface area (Å²) in [6, 6.07) is 0. The molecule has 1 amide bonds. The molecule has 4 nitrogen and oxygen atoms in total. The molecule has 1 rings (SSSR count). The second-order valence-electron chi connectivity index (χ2n) is 2.37. The molecule has 1 aromatic rings. The van der Waals surface area contributed by atoms with Crippen molar-refractivity contribution >= 4 is 21.8 Å². The van der Waals surface area contributed by atoms with Gasteiger partial charge in [-0.1, -0.05) is 0 Å². The number of rotatable bonds is 2. The van der Waals surface area contributed by atoms with E-state index in [1.807, 2.05) is 14.0 Å². The number of hydrogen-bond acceptors (Lipinski definition) is 2. The van der Waals surface area contributed by atoms with Crippen molar-refractivity contribution in [2.75, 3.05) is 6.54 Å². The number of halogens is 1. The predicted octanol–water partition coefficient (Wildman–Crippen LogP) is 0.932. The number of aromatic nitrogens is 2. The zero-order chi connectivity index (χ0) is 9.14. The first-order valence-electron chi connectivity index (χ1n) is 3.62. The Bertz CT molecular complexity index is 275. The Labute approximate surface area is 79.1 Å². The molecule has 0 saturated carbocycles. The summed E-state index contributed by atoms with van der Waals surface area (Å²) >= 11 is 3.21. The van der Waals surface area contributed by atoms with Gasteiger partial charge < -0.3 is 9.88 Å². The second-order valence-corrected chi connectivity index (χ2v) is 3.07. The third-order valence-corrected chi connectivity index (χ3v) is 2.13. The Morgan fingerprint density at radius 2 is 2.50 bits per heavy atom. The van der Waals surface area contributed by atoms with E-state index in [0.29, 0.717) is 17.0 Å². The molecule has 0 bridgehead atoms. The maximum atomic E-state index is 11.2. The summed E-state index contributed by atoms with van der Waals surface area (Å²) in [5.41, 5.74) is 0.436. The Morgan fingerprint density at radius 3 is 2.92 bits per heavy atom. The highest BCUT2D eigenvalue weighted by Crippen LogP contribution is 2.07. The van der Waals surface area contributed by atoms with Gasteiger partial charge in [0.2, 0.25) is 0 Å². The van der Waals surface area contributed by atoms with Crippen molar-refractivity contribution in [2.24, 2.45) is 7.05 Å². The summed E-state index contributed by atoms with van der Waals surface area (Å²) < 4.78 is 2.40. The van der Waals surface area contributed by atoms with Gasteiger partial charge in [0.1, 0.15) is 5.69 Å². The summed E-state index contributed by atoms with van der Waals surface area (Å²) in [5, 5.41) is 2.67. The highest BCUT2D eigenvalue weighted by atomic mass is 79.9.